The van der Waals surface area contributed by atoms with E-state index < -0.39 is 0 Å². The van der Waals surface area contributed by atoms with Crippen molar-refractivity contribution in [3.63, 3.8) is 0 Å². The lowest BCUT2D eigenvalue weighted by molar-refractivity contribution is 0.0205. The van der Waals surface area contributed by atoms with Crippen LogP contribution >= 0.6 is 24.0 Å². The molecule has 6 nitrogen and oxygen atoms in total. The van der Waals surface area contributed by atoms with Gasteiger partial charge in [0.1, 0.15) is 0 Å². The number of ether oxygens (including phenoxy) is 1. The van der Waals surface area contributed by atoms with E-state index in [1.165, 1.54) is 0 Å². The summed E-state index contributed by atoms with van der Waals surface area (Å²) in [5.41, 5.74) is 0.0913. The molecule has 0 radical (unpaired) electrons. The number of nitrogens with zero attached hydrogens (tertiary/aromatic N) is 3. The van der Waals surface area contributed by atoms with Crippen LogP contribution in [0.2, 0.25) is 0 Å². The Morgan fingerprint density at radius 1 is 1.30 bits per heavy atom. The van der Waals surface area contributed by atoms with E-state index in [-0.39, 0.29) is 35.5 Å². The Kier molecular flexibility index (Phi) is 10.5. The Morgan fingerprint density at radius 3 is 2.43 bits per heavy atom. The molecule has 2 unspecified atom stereocenters. The van der Waals surface area contributed by atoms with Crippen molar-refractivity contribution in [2.45, 2.75) is 40.3 Å². The zero-order valence-corrected chi connectivity index (χ0v) is 17.5. The molecule has 1 rings (SSSR count). The standard InChI is InChI=1S/C16H31N5O.HI/c1-13(12-21-9-7-8-20-21)10-18-15(17-5)19-11-14(22-6)16(2,3)4;/h7-9,13-14H,10-12H2,1-6H3,(H2,17,18,19);1H. The molecule has 1 heterocycles. The Bertz CT molecular complexity index is 442. The number of hydrogen-bond acceptors (Lipinski definition) is 3. The number of halogens is 1. The number of rotatable bonds is 7. The minimum Gasteiger partial charge on any atom is -0.379 e. The lowest BCUT2D eigenvalue weighted by atomic mass is 9.89. The number of guanidine groups is 1. The molecule has 0 aliphatic carbocycles. The van der Waals surface area contributed by atoms with Crippen molar-refractivity contribution in [1.29, 1.82) is 0 Å². The molecule has 7 heteroatoms. The summed E-state index contributed by atoms with van der Waals surface area (Å²) >= 11 is 0. The summed E-state index contributed by atoms with van der Waals surface area (Å²) in [6.07, 6.45) is 3.92. The van der Waals surface area contributed by atoms with Crippen molar-refractivity contribution in [2.24, 2.45) is 16.3 Å². The van der Waals surface area contributed by atoms with E-state index in [0.717, 1.165) is 25.6 Å². The van der Waals surface area contributed by atoms with Crippen LogP contribution in [0.1, 0.15) is 27.7 Å². The molecular weight excluding hydrogens is 405 g/mol. The van der Waals surface area contributed by atoms with E-state index in [4.69, 9.17) is 4.74 Å². The summed E-state index contributed by atoms with van der Waals surface area (Å²) in [6.45, 7) is 11.2. The summed E-state index contributed by atoms with van der Waals surface area (Å²) < 4.78 is 7.50. The van der Waals surface area contributed by atoms with Crippen LogP contribution < -0.4 is 10.6 Å². The summed E-state index contributed by atoms with van der Waals surface area (Å²) in [7, 11) is 3.53. The second kappa shape index (κ2) is 10.9. The zero-order chi connectivity index (χ0) is 16.6. The average molecular weight is 437 g/mol. The maximum Gasteiger partial charge on any atom is 0.191 e. The molecule has 0 saturated carbocycles. The van der Waals surface area contributed by atoms with Crippen molar-refractivity contribution in [2.75, 3.05) is 27.2 Å². The van der Waals surface area contributed by atoms with Crippen LogP contribution in [0.5, 0.6) is 0 Å². The lowest BCUT2D eigenvalue weighted by Gasteiger charge is -2.30. The highest BCUT2D eigenvalue weighted by atomic mass is 127. The van der Waals surface area contributed by atoms with E-state index in [2.05, 4.69) is 48.4 Å². The molecule has 0 bridgehead atoms. The fourth-order valence-electron chi connectivity index (χ4n) is 2.22. The maximum absolute atomic E-state index is 5.55. The number of aliphatic imine (C=N–C) groups is 1. The zero-order valence-electron chi connectivity index (χ0n) is 15.2. The molecule has 0 aromatic carbocycles. The first-order valence-corrected chi connectivity index (χ1v) is 7.81. The largest absolute Gasteiger partial charge is 0.379 e. The molecule has 0 spiro atoms. The van der Waals surface area contributed by atoms with Crippen LogP contribution in [0.15, 0.2) is 23.5 Å². The summed E-state index contributed by atoms with van der Waals surface area (Å²) in [4.78, 5) is 4.26. The SMILES string of the molecule is CN=C(NCC(C)Cn1cccn1)NCC(OC)C(C)(C)C.I. The van der Waals surface area contributed by atoms with E-state index in [1.54, 1.807) is 20.4 Å². The van der Waals surface area contributed by atoms with Gasteiger partial charge in [0.15, 0.2) is 5.96 Å². The highest BCUT2D eigenvalue weighted by Crippen LogP contribution is 2.20. The molecule has 0 aliphatic rings. The van der Waals surface area contributed by atoms with Crippen LogP contribution in [0, 0.1) is 11.3 Å². The predicted molar refractivity (Wildman–Crippen MR) is 106 cm³/mol. The fourth-order valence-corrected chi connectivity index (χ4v) is 2.22. The summed E-state index contributed by atoms with van der Waals surface area (Å²) in [6, 6.07) is 1.94. The lowest BCUT2D eigenvalue weighted by Crippen LogP contribution is -2.46. The molecule has 1 aromatic rings. The quantitative estimate of drug-likeness (QED) is 0.391. The van der Waals surface area contributed by atoms with Crippen LogP contribution in [-0.2, 0) is 11.3 Å². The predicted octanol–water partition coefficient (Wildman–Crippen LogP) is 2.36. The Morgan fingerprint density at radius 2 is 1.96 bits per heavy atom. The number of hydrogen-bond donors (Lipinski definition) is 2. The highest BCUT2D eigenvalue weighted by Gasteiger charge is 2.24. The van der Waals surface area contributed by atoms with Crippen LogP contribution in [-0.4, -0.2) is 49.1 Å². The number of methoxy groups -OCH3 is 1. The van der Waals surface area contributed by atoms with Gasteiger partial charge in [-0.05, 0) is 17.4 Å². The summed E-state index contributed by atoms with van der Waals surface area (Å²) in [5, 5.41) is 10.9. The van der Waals surface area contributed by atoms with Crippen LogP contribution in [0.3, 0.4) is 0 Å². The van der Waals surface area contributed by atoms with Gasteiger partial charge < -0.3 is 15.4 Å². The van der Waals surface area contributed by atoms with E-state index in [0.29, 0.717) is 5.92 Å². The van der Waals surface area contributed by atoms with Gasteiger partial charge in [0.05, 0.1) is 6.10 Å². The van der Waals surface area contributed by atoms with Crippen molar-refractivity contribution in [3.8, 4) is 0 Å². The Hall–Kier alpha value is -0.830. The molecule has 1 aromatic heterocycles. The van der Waals surface area contributed by atoms with Crippen molar-refractivity contribution in [1.82, 2.24) is 20.4 Å². The van der Waals surface area contributed by atoms with Gasteiger partial charge in [-0.15, -0.1) is 24.0 Å². The van der Waals surface area contributed by atoms with Crippen molar-refractivity contribution < 1.29 is 4.74 Å². The molecule has 2 atom stereocenters. The minimum atomic E-state index is 0. The molecule has 23 heavy (non-hydrogen) atoms. The first-order valence-electron chi connectivity index (χ1n) is 7.81. The monoisotopic (exact) mass is 437 g/mol. The second-order valence-electron chi connectivity index (χ2n) is 6.76. The van der Waals surface area contributed by atoms with Gasteiger partial charge in [0.25, 0.3) is 0 Å². The molecule has 134 valence electrons. The first-order chi connectivity index (χ1) is 10.4. The van der Waals surface area contributed by atoms with E-state index in [1.807, 2.05) is 16.9 Å². The Balaban J connectivity index is 0.00000484. The van der Waals surface area contributed by atoms with E-state index >= 15 is 0 Å². The molecule has 0 fully saturated rings. The maximum atomic E-state index is 5.55. The van der Waals surface area contributed by atoms with Crippen molar-refractivity contribution >= 4 is 29.9 Å². The van der Waals surface area contributed by atoms with Gasteiger partial charge in [-0.25, -0.2) is 0 Å². The second-order valence-corrected chi connectivity index (χ2v) is 6.76. The molecule has 0 aliphatic heterocycles. The van der Waals surface area contributed by atoms with Gasteiger partial charge >= 0.3 is 0 Å². The highest BCUT2D eigenvalue weighted by molar-refractivity contribution is 14.0. The van der Waals surface area contributed by atoms with Crippen molar-refractivity contribution in [3.05, 3.63) is 18.5 Å². The normalized spacial score (nSPS) is 14.8. The van der Waals surface area contributed by atoms with Gasteiger partial charge in [0, 0.05) is 46.2 Å². The third-order valence-electron chi connectivity index (χ3n) is 3.60. The smallest absolute Gasteiger partial charge is 0.191 e. The van der Waals surface area contributed by atoms with Gasteiger partial charge in [0.2, 0.25) is 0 Å². The number of aromatic nitrogens is 2. The van der Waals surface area contributed by atoms with Crippen LogP contribution in [0.4, 0.5) is 0 Å². The van der Waals surface area contributed by atoms with Crippen LogP contribution in [0.25, 0.3) is 0 Å². The minimum absolute atomic E-state index is 0. The molecular formula is C16H32IN5O. The fraction of sp³-hybridized carbons (Fsp3) is 0.750. The van der Waals surface area contributed by atoms with Gasteiger partial charge in [-0.3, -0.25) is 9.67 Å². The number of nitrogens with one attached hydrogen (secondary N) is 2. The molecule has 2 N–H and O–H groups in total. The first kappa shape index (κ1) is 22.2. The van der Waals surface area contributed by atoms with Gasteiger partial charge in [-0.2, -0.15) is 5.10 Å². The molecule has 0 saturated heterocycles. The van der Waals surface area contributed by atoms with Gasteiger partial charge in [-0.1, -0.05) is 27.7 Å². The Labute approximate surface area is 157 Å². The topological polar surface area (TPSA) is 63.5 Å². The third-order valence-corrected chi connectivity index (χ3v) is 3.60. The third kappa shape index (κ3) is 8.55. The molecule has 0 amide bonds. The average Bonchev–Trinajstić information content (AvgIpc) is 2.94. The summed E-state index contributed by atoms with van der Waals surface area (Å²) in [5.74, 6) is 1.26. The van der Waals surface area contributed by atoms with E-state index in [9.17, 15) is 0 Å².